The van der Waals surface area contributed by atoms with Crippen molar-refractivity contribution in [3.63, 3.8) is 0 Å². The van der Waals surface area contributed by atoms with Crippen LogP contribution in [0, 0.1) is 13.8 Å². The number of esters is 1. The van der Waals surface area contributed by atoms with Gasteiger partial charge in [0.1, 0.15) is 5.01 Å². The van der Waals surface area contributed by atoms with E-state index >= 15 is 0 Å². The Morgan fingerprint density at radius 3 is 2.27 bits per heavy atom. The van der Waals surface area contributed by atoms with E-state index in [1.54, 1.807) is 44.2 Å². The van der Waals surface area contributed by atoms with Crippen LogP contribution in [0.3, 0.4) is 0 Å². The van der Waals surface area contributed by atoms with Crippen molar-refractivity contribution in [2.24, 2.45) is 0 Å². The predicted molar refractivity (Wildman–Crippen MR) is 153 cm³/mol. The predicted octanol–water partition coefficient (Wildman–Crippen LogP) is 4.97. The standard InChI is InChI=1S/C28H23N5O5S2/c1-17-15-18(2)30-28(29-17)33-40(36,37)20-13-11-19(12-14-20)31-25(34)16-38-27(35)22-8-4-3-7-21(22)26-32-23-9-5-6-10-24(23)39-26/h3-15H,16H2,1-2H3,(H,31,34)(H,29,30,33). The van der Waals surface area contributed by atoms with Crippen molar-refractivity contribution in [2.75, 3.05) is 16.6 Å². The number of ether oxygens (including phenoxy) is 1. The molecule has 10 nitrogen and oxygen atoms in total. The molecule has 0 saturated carbocycles. The summed E-state index contributed by atoms with van der Waals surface area (Å²) >= 11 is 1.46. The number of anilines is 2. The average Bonchev–Trinajstić information content (AvgIpc) is 3.35. The highest BCUT2D eigenvalue weighted by Gasteiger charge is 2.19. The van der Waals surface area contributed by atoms with Crippen molar-refractivity contribution in [2.45, 2.75) is 18.7 Å². The van der Waals surface area contributed by atoms with Crippen molar-refractivity contribution in [1.82, 2.24) is 15.0 Å². The summed E-state index contributed by atoms with van der Waals surface area (Å²) in [4.78, 5) is 38.1. The van der Waals surface area contributed by atoms with Gasteiger partial charge in [0.2, 0.25) is 5.95 Å². The summed E-state index contributed by atoms with van der Waals surface area (Å²) in [6, 6.07) is 21.9. The van der Waals surface area contributed by atoms with Crippen LogP contribution in [0.5, 0.6) is 0 Å². The summed E-state index contributed by atoms with van der Waals surface area (Å²) in [5.41, 5.74) is 3.33. The molecule has 2 N–H and O–H groups in total. The molecule has 0 aliphatic rings. The van der Waals surface area contributed by atoms with Gasteiger partial charge in [-0.25, -0.2) is 32.9 Å². The first kappa shape index (κ1) is 26.9. The Kier molecular flexibility index (Phi) is 7.54. The Morgan fingerprint density at radius 1 is 0.875 bits per heavy atom. The number of sulfonamides is 1. The molecule has 0 saturated heterocycles. The third-order valence-corrected chi connectivity index (χ3v) is 8.08. The number of thiazole rings is 1. The van der Waals surface area contributed by atoms with Crippen LogP contribution in [0.15, 0.2) is 83.8 Å². The molecule has 0 unspecified atom stereocenters. The number of hydrogen-bond acceptors (Lipinski definition) is 9. The van der Waals surface area contributed by atoms with E-state index in [0.717, 1.165) is 10.2 Å². The van der Waals surface area contributed by atoms with Gasteiger partial charge in [-0.05, 0) is 62.4 Å². The normalized spacial score (nSPS) is 11.2. The number of aryl methyl sites for hydroxylation is 2. The number of rotatable bonds is 8. The highest BCUT2D eigenvalue weighted by Crippen LogP contribution is 2.32. The van der Waals surface area contributed by atoms with Crippen LogP contribution >= 0.6 is 11.3 Å². The molecule has 0 aliphatic heterocycles. The minimum absolute atomic E-state index is 0.0265. The van der Waals surface area contributed by atoms with E-state index in [0.29, 0.717) is 33.2 Å². The van der Waals surface area contributed by atoms with Crippen molar-refractivity contribution in [3.05, 3.63) is 95.8 Å². The Balaban J connectivity index is 1.21. The number of benzene rings is 3. The molecule has 3 aromatic carbocycles. The van der Waals surface area contributed by atoms with Gasteiger partial charge >= 0.3 is 5.97 Å². The summed E-state index contributed by atoms with van der Waals surface area (Å²) in [6.07, 6.45) is 0. The zero-order chi connectivity index (χ0) is 28.3. The largest absolute Gasteiger partial charge is 0.452 e. The molecule has 40 heavy (non-hydrogen) atoms. The number of aromatic nitrogens is 3. The lowest BCUT2D eigenvalue weighted by Crippen LogP contribution is -2.21. The fourth-order valence-corrected chi connectivity index (χ4v) is 5.86. The molecule has 0 bridgehead atoms. The van der Waals surface area contributed by atoms with E-state index in [9.17, 15) is 18.0 Å². The number of carbonyl (C=O) groups excluding carboxylic acids is 2. The number of nitrogens with zero attached hydrogens (tertiary/aromatic N) is 3. The van der Waals surface area contributed by atoms with Crippen molar-refractivity contribution < 1.29 is 22.7 Å². The fraction of sp³-hybridized carbons (Fsp3) is 0.107. The first-order chi connectivity index (χ1) is 19.2. The third kappa shape index (κ3) is 6.14. The second-order valence-corrected chi connectivity index (χ2v) is 11.5. The fourth-order valence-electron chi connectivity index (χ4n) is 3.91. The van der Waals surface area contributed by atoms with Crippen LogP contribution < -0.4 is 10.0 Å². The molecule has 1 amide bonds. The zero-order valence-electron chi connectivity index (χ0n) is 21.4. The van der Waals surface area contributed by atoms with Crippen molar-refractivity contribution >= 4 is 55.1 Å². The maximum atomic E-state index is 12.8. The summed E-state index contributed by atoms with van der Waals surface area (Å²) in [5, 5.41) is 3.26. The third-order valence-electron chi connectivity index (χ3n) is 5.66. The van der Waals surface area contributed by atoms with Crippen molar-refractivity contribution in [3.8, 4) is 10.6 Å². The lowest BCUT2D eigenvalue weighted by atomic mass is 10.1. The molecule has 0 aliphatic carbocycles. The molecule has 2 heterocycles. The Labute approximate surface area is 234 Å². The summed E-state index contributed by atoms with van der Waals surface area (Å²) in [5.74, 6) is -1.27. The quantitative estimate of drug-likeness (QED) is 0.248. The smallest absolute Gasteiger partial charge is 0.339 e. The van der Waals surface area contributed by atoms with Gasteiger partial charge in [-0.15, -0.1) is 11.3 Å². The first-order valence-electron chi connectivity index (χ1n) is 12.0. The van der Waals surface area contributed by atoms with E-state index in [1.807, 2.05) is 24.3 Å². The maximum absolute atomic E-state index is 12.8. The molecule has 12 heteroatoms. The maximum Gasteiger partial charge on any atom is 0.339 e. The molecule has 0 radical (unpaired) electrons. The average molecular weight is 574 g/mol. The second kappa shape index (κ2) is 11.2. The van der Waals surface area contributed by atoms with Gasteiger partial charge in [-0.1, -0.05) is 30.3 Å². The molecule has 5 aromatic rings. The highest BCUT2D eigenvalue weighted by atomic mass is 32.2. The van der Waals surface area contributed by atoms with Crippen LogP contribution in [0.4, 0.5) is 11.6 Å². The second-order valence-electron chi connectivity index (χ2n) is 8.76. The Hall–Kier alpha value is -4.68. The van der Waals surface area contributed by atoms with Gasteiger partial charge in [0.15, 0.2) is 6.61 Å². The highest BCUT2D eigenvalue weighted by molar-refractivity contribution is 7.92. The molecule has 5 rings (SSSR count). The van der Waals surface area contributed by atoms with Crippen LogP contribution in [0.2, 0.25) is 0 Å². The first-order valence-corrected chi connectivity index (χ1v) is 14.3. The lowest BCUT2D eigenvalue weighted by molar-refractivity contribution is -0.119. The summed E-state index contributed by atoms with van der Waals surface area (Å²) < 4.78 is 34.0. The number of carbonyl (C=O) groups is 2. The number of hydrogen-bond donors (Lipinski definition) is 2. The minimum atomic E-state index is -3.94. The van der Waals surface area contributed by atoms with Crippen LogP contribution in [-0.4, -0.2) is 41.9 Å². The van der Waals surface area contributed by atoms with Gasteiger partial charge in [-0.2, -0.15) is 0 Å². The molecule has 2 aromatic heterocycles. The number of nitrogens with one attached hydrogen (secondary N) is 2. The summed E-state index contributed by atoms with van der Waals surface area (Å²) in [7, 11) is -3.94. The van der Waals surface area contributed by atoms with Crippen molar-refractivity contribution in [1.29, 1.82) is 0 Å². The number of fused-ring (bicyclic) bond motifs is 1. The van der Waals surface area contributed by atoms with Crippen LogP contribution in [0.25, 0.3) is 20.8 Å². The topological polar surface area (TPSA) is 140 Å². The molecule has 0 atom stereocenters. The van der Waals surface area contributed by atoms with Crippen LogP contribution in [0.1, 0.15) is 21.7 Å². The van der Waals surface area contributed by atoms with Crippen LogP contribution in [-0.2, 0) is 19.6 Å². The molecular formula is C28H23N5O5S2. The van der Waals surface area contributed by atoms with E-state index < -0.39 is 28.5 Å². The van der Waals surface area contributed by atoms with Gasteiger partial charge < -0.3 is 10.1 Å². The van der Waals surface area contributed by atoms with E-state index in [4.69, 9.17) is 4.74 Å². The van der Waals surface area contributed by atoms with E-state index in [1.165, 1.54) is 35.6 Å². The summed E-state index contributed by atoms with van der Waals surface area (Å²) in [6.45, 7) is 2.95. The molecular weight excluding hydrogens is 550 g/mol. The van der Waals surface area contributed by atoms with E-state index in [-0.39, 0.29) is 10.8 Å². The van der Waals surface area contributed by atoms with E-state index in [2.05, 4.69) is 25.0 Å². The minimum Gasteiger partial charge on any atom is -0.452 e. The Morgan fingerprint density at radius 2 is 1.55 bits per heavy atom. The lowest BCUT2D eigenvalue weighted by Gasteiger charge is -2.10. The molecule has 0 spiro atoms. The monoisotopic (exact) mass is 573 g/mol. The number of para-hydroxylation sites is 1. The Bertz CT molecular complexity index is 1780. The number of amides is 1. The van der Waals surface area contributed by atoms with Gasteiger partial charge in [-0.3, -0.25) is 4.79 Å². The van der Waals surface area contributed by atoms with Gasteiger partial charge in [0, 0.05) is 22.6 Å². The molecule has 0 fully saturated rings. The van der Waals surface area contributed by atoms with Gasteiger partial charge in [0.25, 0.3) is 15.9 Å². The zero-order valence-corrected chi connectivity index (χ0v) is 23.0. The van der Waals surface area contributed by atoms with Gasteiger partial charge in [0.05, 0.1) is 20.7 Å². The molecule has 202 valence electrons. The SMILES string of the molecule is Cc1cc(C)nc(NS(=O)(=O)c2ccc(NC(=O)COC(=O)c3ccccc3-c3nc4ccccc4s3)cc2)n1.